The number of anilines is 1. The Morgan fingerprint density at radius 3 is 2.56 bits per heavy atom. The molecule has 1 heterocycles. The quantitative estimate of drug-likeness (QED) is 0.446. The van der Waals surface area contributed by atoms with Crippen LogP contribution in [0.2, 0.25) is 0 Å². The molecule has 0 spiro atoms. The van der Waals surface area contributed by atoms with Crippen LogP contribution in [0.15, 0.2) is 52.9 Å². The molecule has 8 nitrogen and oxygen atoms in total. The molecule has 9 heteroatoms. The number of nitrogens with zero attached hydrogens (tertiary/aromatic N) is 2. The number of rotatable bonds is 10. The van der Waals surface area contributed by atoms with Gasteiger partial charge in [0.15, 0.2) is 0 Å². The van der Waals surface area contributed by atoms with Crippen molar-refractivity contribution in [3.05, 3.63) is 65.5 Å². The van der Waals surface area contributed by atoms with E-state index in [-0.39, 0.29) is 5.89 Å². The summed E-state index contributed by atoms with van der Waals surface area (Å²) in [5.74, 6) is 0.605. The molecule has 1 unspecified atom stereocenters. The maximum Gasteiger partial charge on any atom is 0.247 e. The summed E-state index contributed by atoms with van der Waals surface area (Å²) in [4.78, 5) is 0. The molecule has 3 aromatic rings. The van der Waals surface area contributed by atoms with Crippen LogP contribution >= 0.6 is 0 Å². The van der Waals surface area contributed by atoms with Crippen LogP contribution in [0, 0.1) is 0 Å². The maximum absolute atomic E-state index is 11.9. The third-order valence-corrected chi connectivity index (χ3v) is 6.52. The zero-order valence-electron chi connectivity index (χ0n) is 19.7. The minimum atomic E-state index is -3.45. The lowest BCUT2D eigenvalue weighted by atomic mass is 9.94. The average Bonchev–Trinajstić information content (AvgIpc) is 3.46. The molecule has 0 radical (unpaired) electrons. The molecule has 1 fully saturated rings. The van der Waals surface area contributed by atoms with Gasteiger partial charge in [-0.15, -0.1) is 10.2 Å². The summed E-state index contributed by atoms with van der Waals surface area (Å²) >= 11 is 0. The van der Waals surface area contributed by atoms with Crippen LogP contribution in [0.4, 0.5) is 5.69 Å². The molecule has 1 aromatic heterocycles. The van der Waals surface area contributed by atoms with Gasteiger partial charge in [-0.2, -0.15) is 0 Å². The van der Waals surface area contributed by atoms with E-state index in [1.54, 1.807) is 6.07 Å². The Hall–Kier alpha value is -2.75. The molecule has 0 bridgehead atoms. The molecule has 1 atom stereocenters. The van der Waals surface area contributed by atoms with Crippen LogP contribution in [-0.2, 0) is 33.1 Å². The first-order valence-corrected chi connectivity index (χ1v) is 13.5. The van der Waals surface area contributed by atoms with Gasteiger partial charge in [-0.3, -0.25) is 4.72 Å². The van der Waals surface area contributed by atoms with E-state index < -0.39 is 15.6 Å². The minimum absolute atomic E-state index is 0.287. The van der Waals surface area contributed by atoms with E-state index in [0.717, 1.165) is 30.2 Å². The van der Waals surface area contributed by atoms with E-state index in [9.17, 15) is 8.42 Å². The lowest BCUT2D eigenvalue weighted by molar-refractivity contribution is 0.0607. The number of nitrogens with two attached hydrogens (primary N) is 1. The Bertz CT molecular complexity index is 1200. The summed E-state index contributed by atoms with van der Waals surface area (Å²) in [6.45, 7) is 2.42. The Morgan fingerprint density at radius 1 is 1.12 bits per heavy atom. The highest BCUT2D eigenvalue weighted by Gasteiger charge is 2.29. The second kappa shape index (κ2) is 10.2. The largest absolute Gasteiger partial charge is 0.419 e. The van der Waals surface area contributed by atoms with Crippen molar-refractivity contribution in [1.82, 2.24) is 10.2 Å². The van der Waals surface area contributed by atoms with Crippen molar-refractivity contribution in [2.45, 2.75) is 57.1 Å². The Balaban J connectivity index is 1.55. The summed E-state index contributed by atoms with van der Waals surface area (Å²) in [6, 6.07) is 15.3. The number of hydrogen-bond acceptors (Lipinski definition) is 7. The van der Waals surface area contributed by atoms with Crippen LogP contribution in [-0.4, -0.2) is 37.6 Å². The third-order valence-electron chi connectivity index (χ3n) is 5.92. The van der Waals surface area contributed by atoms with E-state index in [2.05, 4.69) is 14.9 Å². The van der Waals surface area contributed by atoms with Crippen molar-refractivity contribution in [3.63, 3.8) is 0 Å². The third kappa shape index (κ3) is 6.65. The van der Waals surface area contributed by atoms with Crippen molar-refractivity contribution in [1.29, 1.82) is 0 Å². The summed E-state index contributed by atoms with van der Waals surface area (Å²) < 4.78 is 38.2. The minimum Gasteiger partial charge on any atom is -0.419 e. The summed E-state index contributed by atoms with van der Waals surface area (Å²) in [7, 11) is -3.45. The molecule has 1 aliphatic rings. The smallest absolute Gasteiger partial charge is 0.247 e. The van der Waals surface area contributed by atoms with E-state index in [0.29, 0.717) is 42.7 Å². The zero-order chi connectivity index (χ0) is 24.2. The topological polar surface area (TPSA) is 120 Å². The number of benzene rings is 2. The molecule has 0 saturated heterocycles. The van der Waals surface area contributed by atoms with Crippen molar-refractivity contribution in [3.8, 4) is 11.5 Å². The monoisotopic (exact) mass is 484 g/mol. The molecular weight excluding hydrogens is 452 g/mol. The highest BCUT2D eigenvalue weighted by Crippen LogP contribution is 2.29. The SMILES string of the molecule is CC(N)(Cc1ccccc1)c1nnc(-c2cc(CCOC3CCCC3)cc(NS(C)(=O)=O)c2)o1. The Labute approximate surface area is 201 Å². The van der Waals surface area contributed by atoms with E-state index >= 15 is 0 Å². The van der Waals surface area contributed by atoms with Crippen molar-refractivity contribution in [2.24, 2.45) is 5.73 Å². The zero-order valence-corrected chi connectivity index (χ0v) is 20.5. The van der Waals surface area contributed by atoms with Gasteiger partial charge in [0.2, 0.25) is 21.8 Å². The van der Waals surface area contributed by atoms with Crippen LogP contribution in [0.25, 0.3) is 11.5 Å². The number of hydrogen-bond donors (Lipinski definition) is 2. The van der Waals surface area contributed by atoms with Gasteiger partial charge in [-0.25, -0.2) is 8.42 Å². The van der Waals surface area contributed by atoms with Gasteiger partial charge in [0.1, 0.15) is 0 Å². The fourth-order valence-corrected chi connectivity index (χ4v) is 4.84. The van der Waals surface area contributed by atoms with Gasteiger partial charge in [0, 0.05) is 11.3 Å². The Morgan fingerprint density at radius 2 is 1.85 bits per heavy atom. The van der Waals surface area contributed by atoms with Gasteiger partial charge in [-0.05, 0) is 61.9 Å². The highest BCUT2D eigenvalue weighted by molar-refractivity contribution is 7.92. The van der Waals surface area contributed by atoms with Crippen LogP contribution in [0.1, 0.15) is 49.6 Å². The molecule has 0 aliphatic heterocycles. The number of ether oxygens (including phenoxy) is 1. The first kappa shape index (κ1) is 24.4. The molecule has 2 aromatic carbocycles. The lowest BCUT2D eigenvalue weighted by Gasteiger charge is -2.20. The predicted octanol–water partition coefficient (Wildman–Crippen LogP) is 4.03. The highest BCUT2D eigenvalue weighted by atomic mass is 32.2. The number of aromatic nitrogens is 2. The number of nitrogens with one attached hydrogen (secondary N) is 1. The first-order valence-electron chi connectivity index (χ1n) is 11.6. The van der Waals surface area contributed by atoms with Crippen molar-refractivity contribution >= 4 is 15.7 Å². The second-order valence-corrected chi connectivity index (χ2v) is 11.1. The molecule has 1 saturated carbocycles. The molecule has 4 rings (SSSR count). The molecule has 1 aliphatic carbocycles. The van der Waals surface area contributed by atoms with E-state index in [1.807, 2.05) is 49.4 Å². The normalized spacial score (nSPS) is 16.4. The molecule has 3 N–H and O–H groups in total. The first-order chi connectivity index (χ1) is 16.2. The van der Waals surface area contributed by atoms with Crippen LogP contribution in [0.3, 0.4) is 0 Å². The van der Waals surface area contributed by atoms with Crippen molar-refractivity contribution in [2.75, 3.05) is 17.6 Å². The number of sulfonamides is 1. The average molecular weight is 485 g/mol. The maximum atomic E-state index is 11.9. The molecule has 182 valence electrons. The van der Waals surface area contributed by atoms with Gasteiger partial charge < -0.3 is 14.9 Å². The Kier molecular flexibility index (Phi) is 7.35. The fourth-order valence-electron chi connectivity index (χ4n) is 4.30. The second-order valence-electron chi connectivity index (χ2n) is 9.31. The van der Waals surface area contributed by atoms with Crippen molar-refractivity contribution < 1.29 is 17.6 Å². The summed E-state index contributed by atoms with van der Waals surface area (Å²) in [5, 5.41) is 8.41. The predicted molar refractivity (Wildman–Crippen MR) is 132 cm³/mol. The van der Waals surface area contributed by atoms with Gasteiger partial charge in [-0.1, -0.05) is 43.2 Å². The summed E-state index contributed by atoms with van der Waals surface area (Å²) in [5.41, 5.74) is 8.72. The lowest BCUT2D eigenvalue weighted by Crippen LogP contribution is -2.35. The summed E-state index contributed by atoms with van der Waals surface area (Å²) in [6.07, 6.45) is 7.26. The molecule has 0 amide bonds. The molecule has 34 heavy (non-hydrogen) atoms. The van der Waals surface area contributed by atoms with E-state index in [4.69, 9.17) is 14.9 Å². The van der Waals surface area contributed by atoms with E-state index in [1.165, 1.54) is 12.8 Å². The standard InChI is InChI=1S/C25H32N4O4S/c1-25(26,17-18-8-4-3-5-9-18)24-28-27-23(33-24)20-14-19(12-13-32-22-10-6-7-11-22)15-21(16-20)29-34(2,30)31/h3-5,8-9,14-16,22,29H,6-7,10-13,17,26H2,1-2H3. The van der Waals surface area contributed by atoms with Crippen LogP contribution in [0.5, 0.6) is 0 Å². The van der Waals surface area contributed by atoms with Crippen LogP contribution < -0.4 is 10.5 Å². The van der Waals surface area contributed by atoms with Gasteiger partial charge in [0.25, 0.3) is 0 Å². The van der Waals surface area contributed by atoms with Gasteiger partial charge >= 0.3 is 0 Å². The fraction of sp³-hybridized carbons (Fsp3) is 0.440. The van der Waals surface area contributed by atoms with Gasteiger partial charge in [0.05, 0.1) is 24.5 Å². The molecular formula is C25H32N4O4S.